The fourth-order valence-electron chi connectivity index (χ4n) is 0.754. The lowest BCUT2D eigenvalue weighted by molar-refractivity contribution is 0.0397. The van der Waals surface area contributed by atoms with Crippen LogP contribution in [0.4, 0.5) is 0 Å². The van der Waals surface area contributed by atoms with Crippen LogP contribution in [0.2, 0.25) is 0 Å². The highest BCUT2D eigenvalue weighted by Gasteiger charge is 2.10. The first-order chi connectivity index (χ1) is 5.74. The van der Waals surface area contributed by atoms with E-state index in [0.29, 0.717) is 5.76 Å². The van der Waals surface area contributed by atoms with Crippen molar-refractivity contribution < 1.29 is 19.1 Å². The molecule has 1 aromatic heterocycles. The van der Waals surface area contributed by atoms with Gasteiger partial charge in [0.2, 0.25) is 5.76 Å². The van der Waals surface area contributed by atoms with Gasteiger partial charge in [-0.25, -0.2) is 4.79 Å². The number of aryl methyl sites for hydroxylation is 1. The van der Waals surface area contributed by atoms with Gasteiger partial charge in [-0.1, -0.05) is 0 Å². The zero-order valence-corrected chi connectivity index (χ0v) is 6.74. The Morgan fingerprint density at radius 1 is 1.67 bits per heavy atom. The molecular weight excluding hydrogens is 160 g/mol. The molecule has 0 aliphatic rings. The molecule has 4 heteroatoms. The maximum atomic E-state index is 11.0. The summed E-state index contributed by atoms with van der Waals surface area (Å²) in [6.07, 6.45) is 0. The first kappa shape index (κ1) is 8.80. The van der Waals surface area contributed by atoms with Gasteiger partial charge in [-0.2, -0.15) is 0 Å². The summed E-state index contributed by atoms with van der Waals surface area (Å²) in [6.45, 7) is 1.56. The molecule has 0 fully saturated rings. The predicted octanol–water partition coefficient (Wildman–Crippen LogP) is 0.737. The maximum absolute atomic E-state index is 11.0. The van der Waals surface area contributed by atoms with Crippen LogP contribution in [-0.4, -0.2) is 24.3 Å². The van der Waals surface area contributed by atoms with E-state index in [4.69, 9.17) is 9.52 Å². The van der Waals surface area contributed by atoms with E-state index < -0.39 is 5.97 Å². The summed E-state index contributed by atoms with van der Waals surface area (Å²) in [5.41, 5.74) is 0. The summed E-state index contributed by atoms with van der Waals surface area (Å²) in [4.78, 5) is 11.0. The molecule has 4 nitrogen and oxygen atoms in total. The van der Waals surface area contributed by atoms with E-state index in [0.717, 1.165) is 0 Å². The predicted molar refractivity (Wildman–Crippen MR) is 40.8 cm³/mol. The smallest absolute Gasteiger partial charge is 0.374 e. The molecule has 0 aliphatic heterocycles. The summed E-state index contributed by atoms with van der Waals surface area (Å²) in [7, 11) is 0. The molecule has 1 N–H and O–H groups in total. The number of hydrogen-bond acceptors (Lipinski definition) is 4. The molecule has 0 amide bonds. The van der Waals surface area contributed by atoms with E-state index >= 15 is 0 Å². The second-order valence-electron chi connectivity index (χ2n) is 2.27. The van der Waals surface area contributed by atoms with Crippen molar-refractivity contribution in [3.8, 4) is 0 Å². The van der Waals surface area contributed by atoms with Gasteiger partial charge in [0.05, 0.1) is 6.61 Å². The second-order valence-corrected chi connectivity index (χ2v) is 2.27. The SMILES string of the molecule is Cc1ccc(C(=O)OCCO)o1. The van der Waals surface area contributed by atoms with Crippen molar-refractivity contribution in [2.45, 2.75) is 6.92 Å². The zero-order chi connectivity index (χ0) is 8.97. The van der Waals surface area contributed by atoms with Crippen molar-refractivity contribution in [1.82, 2.24) is 0 Å². The van der Waals surface area contributed by atoms with Crippen LogP contribution >= 0.6 is 0 Å². The highest BCUT2D eigenvalue weighted by atomic mass is 16.5. The van der Waals surface area contributed by atoms with Crippen molar-refractivity contribution in [3.05, 3.63) is 23.7 Å². The molecule has 0 aromatic carbocycles. The molecule has 0 atom stereocenters. The molecule has 0 aliphatic carbocycles. The number of furan rings is 1. The van der Waals surface area contributed by atoms with Gasteiger partial charge in [0.1, 0.15) is 12.4 Å². The fraction of sp³-hybridized carbons (Fsp3) is 0.375. The van der Waals surface area contributed by atoms with E-state index in [1.807, 2.05) is 0 Å². The van der Waals surface area contributed by atoms with Crippen LogP contribution in [0.3, 0.4) is 0 Å². The molecule has 0 saturated carbocycles. The molecule has 1 rings (SSSR count). The summed E-state index contributed by atoms with van der Waals surface area (Å²) < 4.78 is 9.59. The standard InChI is InChI=1S/C8H10O4/c1-6-2-3-7(12-6)8(10)11-5-4-9/h2-3,9H,4-5H2,1H3. The maximum Gasteiger partial charge on any atom is 0.374 e. The van der Waals surface area contributed by atoms with Crippen LogP contribution in [-0.2, 0) is 4.74 Å². The normalized spacial score (nSPS) is 9.83. The third kappa shape index (κ3) is 2.10. The van der Waals surface area contributed by atoms with E-state index in [-0.39, 0.29) is 19.0 Å². The number of rotatable bonds is 3. The first-order valence-electron chi connectivity index (χ1n) is 3.58. The largest absolute Gasteiger partial charge is 0.457 e. The lowest BCUT2D eigenvalue weighted by atomic mass is 10.4. The number of hydrogen-bond donors (Lipinski definition) is 1. The Hall–Kier alpha value is -1.29. The van der Waals surface area contributed by atoms with E-state index in [1.165, 1.54) is 6.07 Å². The summed E-state index contributed by atoms with van der Waals surface area (Å²) in [5.74, 6) is 0.282. The zero-order valence-electron chi connectivity index (χ0n) is 6.74. The molecule has 0 radical (unpaired) electrons. The minimum atomic E-state index is -0.544. The van der Waals surface area contributed by atoms with Gasteiger partial charge in [-0.3, -0.25) is 0 Å². The van der Waals surface area contributed by atoms with Gasteiger partial charge in [-0.15, -0.1) is 0 Å². The highest BCUT2D eigenvalue weighted by molar-refractivity contribution is 5.86. The monoisotopic (exact) mass is 170 g/mol. The van der Waals surface area contributed by atoms with Crippen molar-refractivity contribution >= 4 is 5.97 Å². The van der Waals surface area contributed by atoms with Crippen molar-refractivity contribution in [3.63, 3.8) is 0 Å². The Morgan fingerprint density at radius 3 is 2.92 bits per heavy atom. The van der Waals surface area contributed by atoms with Crippen molar-refractivity contribution in [2.24, 2.45) is 0 Å². The number of aliphatic hydroxyl groups is 1. The minimum absolute atomic E-state index is 0.00141. The third-order valence-corrected chi connectivity index (χ3v) is 1.27. The quantitative estimate of drug-likeness (QED) is 0.679. The van der Waals surface area contributed by atoms with Crippen LogP contribution in [0.5, 0.6) is 0 Å². The van der Waals surface area contributed by atoms with Gasteiger partial charge in [-0.05, 0) is 19.1 Å². The number of ether oxygens (including phenoxy) is 1. The molecule has 66 valence electrons. The molecule has 0 unspecified atom stereocenters. The van der Waals surface area contributed by atoms with Crippen LogP contribution in [0.25, 0.3) is 0 Å². The van der Waals surface area contributed by atoms with Crippen LogP contribution in [0.15, 0.2) is 16.5 Å². The summed E-state index contributed by atoms with van der Waals surface area (Å²) in [6, 6.07) is 3.21. The summed E-state index contributed by atoms with van der Waals surface area (Å²) in [5, 5.41) is 8.36. The Balaban J connectivity index is 2.53. The molecule has 1 aromatic rings. The average molecular weight is 170 g/mol. The highest BCUT2D eigenvalue weighted by Crippen LogP contribution is 2.07. The van der Waals surface area contributed by atoms with E-state index in [1.54, 1.807) is 13.0 Å². The molecule has 0 saturated heterocycles. The lowest BCUT2D eigenvalue weighted by Gasteiger charge is -1.97. The molecule has 1 heterocycles. The lowest BCUT2D eigenvalue weighted by Crippen LogP contribution is -2.07. The van der Waals surface area contributed by atoms with Gasteiger partial charge in [0.25, 0.3) is 0 Å². The van der Waals surface area contributed by atoms with Gasteiger partial charge in [0, 0.05) is 0 Å². The minimum Gasteiger partial charge on any atom is -0.457 e. The first-order valence-corrected chi connectivity index (χ1v) is 3.58. The average Bonchev–Trinajstić information content (AvgIpc) is 2.47. The van der Waals surface area contributed by atoms with Gasteiger partial charge >= 0.3 is 5.97 Å². The Labute approximate surface area is 69.8 Å². The van der Waals surface area contributed by atoms with Crippen LogP contribution in [0.1, 0.15) is 16.3 Å². The second kappa shape index (κ2) is 3.92. The van der Waals surface area contributed by atoms with Gasteiger partial charge < -0.3 is 14.3 Å². The van der Waals surface area contributed by atoms with Crippen molar-refractivity contribution in [1.29, 1.82) is 0 Å². The number of carbonyl (C=O) groups is 1. The van der Waals surface area contributed by atoms with E-state index in [2.05, 4.69) is 4.74 Å². The Morgan fingerprint density at radius 2 is 2.42 bits per heavy atom. The Kier molecular flexibility index (Phi) is 2.88. The molecule has 0 bridgehead atoms. The van der Waals surface area contributed by atoms with Crippen LogP contribution < -0.4 is 0 Å². The Bertz CT molecular complexity index is 264. The molecular formula is C8H10O4. The number of esters is 1. The molecule has 12 heavy (non-hydrogen) atoms. The third-order valence-electron chi connectivity index (χ3n) is 1.27. The van der Waals surface area contributed by atoms with Gasteiger partial charge in [0.15, 0.2) is 0 Å². The summed E-state index contributed by atoms with van der Waals surface area (Å²) >= 11 is 0. The number of carbonyl (C=O) groups excluding carboxylic acids is 1. The number of aliphatic hydroxyl groups excluding tert-OH is 1. The van der Waals surface area contributed by atoms with E-state index in [9.17, 15) is 4.79 Å². The van der Waals surface area contributed by atoms with Crippen LogP contribution in [0, 0.1) is 6.92 Å². The fourth-order valence-corrected chi connectivity index (χ4v) is 0.754. The topological polar surface area (TPSA) is 59.7 Å². The van der Waals surface area contributed by atoms with Crippen molar-refractivity contribution in [2.75, 3.05) is 13.2 Å². The molecule has 0 spiro atoms.